The molecule has 1 saturated heterocycles. The number of Topliss-reactive ketones (excluding diaryl/α,β-unsaturated/α-hetero) is 1. The fourth-order valence-electron chi connectivity index (χ4n) is 3.35. The van der Waals surface area contributed by atoms with E-state index in [9.17, 15) is 19.1 Å². The number of piperidine rings is 1. The molecule has 2 aromatic carbocycles. The maximum atomic E-state index is 14.0. The fraction of sp³-hybridized carbons (Fsp3) is 0.300. The molecule has 2 aromatic rings. The number of benzene rings is 2. The van der Waals surface area contributed by atoms with Crippen molar-refractivity contribution in [1.29, 1.82) is 0 Å². The zero-order chi connectivity index (χ0) is 19.6. The Morgan fingerprint density at radius 3 is 2.59 bits per heavy atom. The van der Waals surface area contributed by atoms with Crippen LogP contribution in [0.5, 0.6) is 5.75 Å². The van der Waals surface area contributed by atoms with E-state index in [1.54, 1.807) is 12.1 Å². The lowest BCUT2D eigenvalue weighted by atomic mass is 9.94. The van der Waals surface area contributed by atoms with Gasteiger partial charge >= 0.3 is 0 Å². The Bertz CT molecular complexity index is 880. The molecule has 0 aromatic heterocycles. The molecule has 1 heterocycles. The van der Waals surface area contributed by atoms with E-state index in [1.165, 1.54) is 31.2 Å². The quantitative estimate of drug-likeness (QED) is 0.605. The van der Waals surface area contributed by atoms with E-state index in [0.29, 0.717) is 36.6 Å². The van der Waals surface area contributed by atoms with Crippen molar-refractivity contribution in [3.05, 3.63) is 52.8 Å². The summed E-state index contributed by atoms with van der Waals surface area (Å²) >= 11 is 5.90. The molecule has 0 bridgehead atoms. The van der Waals surface area contributed by atoms with E-state index in [0.717, 1.165) is 0 Å². The van der Waals surface area contributed by atoms with Crippen LogP contribution in [0, 0.1) is 11.7 Å². The molecule has 27 heavy (non-hydrogen) atoms. The average Bonchev–Trinajstić information content (AvgIpc) is 2.64. The first-order valence-corrected chi connectivity index (χ1v) is 9.08. The van der Waals surface area contributed by atoms with Crippen LogP contribution in [0.15, 0.2) is 36.4 Å². The molecular weight excluding hydrogens is 371 g/mol. The second-order valence-corrected chi connectivity index (χ2v) is 7.04. The second kappa shape index (κ2) is 7.96. The second-order valence-electron chi connectivity index (χ2n) is 6.60. The third kappa shape index (κ3) is 4.22. The number of rotatable bonds is 4. The van der Waals surface area contributed by atoms with E-state index >= 15 is 0 Å². The molecule has 7 heteroatoms. The highest BCUT2D eigenvalue weighted by Crippen LogP contribution is 2.31. The lowest BCUT2D eigenvalue weighted by molar-refractivity contribution is -0.120. The van der Waals surface area contributed by atoms with Crippen LogP contribution in [0.4, 0.5) is 15.8 Å². The van der Waals surface area contributed by atoms with E-state index in [-0.39, 0.29) is 34.6 Å². The number of hydrogen-bond donors (Lipinski definition) is 2. The maximum absolute atomic E-state index is 14.0. The maximum Gasteiger partial charge on any atom is 0.227 e. The van der Waals surface area contributed by atoms with Crippen molar-refractivity contribution in [2.45, 2.75) is 19.8 Å². The van der Waals surface area contributed by atoms with Crippen LogP contribution in [-0.4, -0.2) is 29.9 Å². The summed E-state index contributed by atoms with van der Waals surface area (Å²) in [4.78, 5) is 26.2. The Kier molecular flexibility index (Phi) is 5.65. The zero-order valence-electron chi connectivity index (χ0n) is 14.8. The van der Waals surface area contributed by atoms with Crippen LogP contribution in [0.2, 0.25) is 5.02 Å². The number of anilines is 2. The molecular formula is C20H20ClFN2O3. The van der Waals surface area contributed by atoms with Crippen molar-refractivity contribution < 1.29 is 19.1 Å². The SMILES string of the molecule is CC(=O)c1c(F)cccc1N1CCC(C(=O)Nc2cc(Cl)ccc2O)CC1. The fourth-order valence-corrected chi connectivity index (χ4v) is 3.52. The molecule has 0 radical (unpaired) electrons. The number of carbonyl (C=O) groups is 2. The summed E-state index contributed by atoms with van der Waals surface area (Å²) in [5, 5.41) is 13.0. The van der Waals surface area contributed by atoms with Crippen molar-refractivity contribution in [3.63, 3.8) is 0 Å². The van der Waals surface area contributed by atoms with Gasteiger partial charge in [0.1, 0.15) is 11.6 Å². The Morgan fingerprint density at radius 2 is 1.93 bits per heavy atom. The van der Waals surface area contributed by atoms with Crippen LogP contribution < -0.4 is 10.2 Å². The van der Waals surface area contributed by atoms with Gasteiger partial charge in [-0.05, 0) is 50.1 Å². The molecule has 0 spiro atoms. The summed E-state index contributed by atoms with van der Waals surface area (Å²) in [5.41, 5.74) is 0.928. The number of nitrogens with one attached hydrogen (secondary N) is 1. The number of halogens is 2. The Balaban J connectivity index is 1.67. The third-order valence-electron chi connectivity index (χ3n) is 4.77. The summed E-state index contributed by atoms with van der Waals surface area (Å²) in [6.45, 7) is 2.41. The smallest absolute Gasteiger partial charge is 0.227 e. The Labute approximate surface area is 161 Å². The summed E-state index contributed by atoms with van der Waals surface area (Å²) in [6, 6.07) is 9.04. The number of ketones is 1. The summed E-state index contributed by atoms with van der Waals surface area (Å²) < 4.78 is 14.0. The van der Waals surface area contributed by atoms with Gasteiger partial charge in [-0.15, -0.1) is 0 Å². The minimum Gasteiger partial charge on any atom is -0.506 e. The first-order chi connectivity index (χ1) is 12.9. The minimum atomic E-state index is -0.531. The first-order valence-electron chi connectivity index (χ1n) is 8.70. The van der Waals surface area contributed by atoms with Crippen molar-refractivity contribution in [3.8, 4) is 5.75 Å². The molecule has 1 aliphatic rings. The van der Waals surface area contributed by atoms with E-state index in [1.807, 2.05) is 4.90 Å². The first kappa shape index (κ1) is 19.2. The number of phenols is 1. The number of phenolic OH excluding ortho intramolecular Hbond substituents is 1. The van der Waals surface area contributed by atoms with Crippen LogP contribution in [0.25, 0.3) is 0 Å². The largest absolute Gasteiger partial charge is 0.506 e. The van der Waals surface area contributed by atoms with E-state index < -0.39 is 5.82 Å². The lowest BCUT2D eigenvalue weighted by Crippen LogP contribution is -2.38. The van der Waals surface area contributed by atoms with Crippen molar-refractivity contribution >= 4 is 34.7 Å². The number of nitrogens with zero attached hydrogens (tertiary/aromatic N) is 1. The van der Waals surface area contributed by atoms with Gasteiger partial charge in [0.2, 0.25) is 5.91 Å². The zero-order valence-corrected chi connectivity index (χ0v) is 15.6. The normalized spacial score (nSPS) is 14.9. The molecule has 1 amide bonds. The Hall–Kier alpha value is -2.60. The standard InChI is InChI=1S/C20H20ClFN2O3/c1-12(25)19-15(22)3-2-4-17(19)24-9-7-13(8-10-24)20(27)23-16-11-14(21)5-6-18(16)26/h2-6,11,13,26H,7-10H2,1H3,(H,23,27). The van der Waals surface area contributed by atoms with Gasteiger partial charge in [0.25, 0.3) is 0 Å². The molecule has 1 aliphatic heterocycles. The van der Waals surface area contributed by atoms with Gasteiger partial charge in [-0.2, -0.15) is 0 Å². The summed E-state index contributed by atoms with van der Waals surface area (Å²) in [5.74, 6) is -1.33. The number of hydrogen-bond acceptors (Lipinski definition) is 4. The number of amides is 1. The molecule has 3 rings (SSSR count). The van der Waals surface area contributed by atoms with Gasteiger partial charge in [0.05, 0.1) is 16.9 Å². The highest BCUT2D eigenvalue weighted by Gasteiger charge is 2.28. The van der Waals surface area contributed by atoms with E-state index in [4.69, 9.17) is 11.6 Å². The lowest BCUT2D eigenvalue weighted by Gasteiger charge is -2.34. The van der Waals surface area contributed by atoms with Gasteiger partial charge in [-0.3, -0.25) is 9.59 Å². The van der Waals surface area contributed by atoms with Gasteiger partial charge in [-0.1, -0.05) is 17.7 Å². The molecule has 2 N–H and O–H groups in total. The van der Waals surface area contributed by atoms with Crippen molar-refractivity contribution in [2.24, 2.45) is 5.92 Å². The molecule has 142 valence electrons. The third-order valence-corrected chi connectivity index (χ3v) is 5.00. The molecule has 1 fully saturated rings. The number of aromatic hydroxyl groups is 1. The van der Waals surface area contributed by atoms with Gasteiger partial charge in [0, 0.05) is 24.0 Å². The highest BCUT2D eigenvalue weighted by molar-refractivity contribution is 6.31. The van der Waals surface area contributed by atoms with Crippen molar-refractivity contribution in [2.75, 3.05) is 23.3 Å². The molecule has 5 nitrogen and oxygen atoms in total. The minimum absolute atomic E-state index is 0.0453. The monoisotopic (exact) mass is 390 g/mol. The van der Waals surface area contributed by atoms with Crippen molar-refractivity contribution in [1.82, 2.24) is 0 Å². The van der Waals surface area contributed by atoms with Gasteiger partial charge in [-0.25, -0.2) is 4.39 Å². The number of carbonyl (C=O) groups excluding carboxylic acids is 2. The van der Waals surface area contributed by atoms with Crippen LogP contribution in [-0.2, 0) is 4.79 Å². The summed E-state index contributed by atoms with van der Waals surface area (Å²) in [7, 11) is 0. The van der Waals surface area contributed by atoms with Gasteiger partial charge < -0.3 is 15.3 Å². The van der Waals surface area contributed by atoms with Crippen LogP contribution >= 0.6 is 11.6 Å². The highest BCUT2D eigenvalue weighted by atomic mass is 35.5. The summed E-state index contributed by atoms with van der Waals surface area (Å²) in [6.07, 6.45) is 1.11. The van der Waals surface area contributed by atoms with E-state index in [2.05, 4.69) is 5.32 Å². The topological polar surface area (TPSA) is 69.6 Å². The van der Waals surface area contributed by atoms with Crippen LogP contribution in [0.1, 0.15) is 30.1 Å². The average molecular weight is 391 g/mol. The molecule has 0 saturated carbocycles. The van der Waals surface area contributed by atoms with Crippen LogP contribution in [0.3, 0.4) is 0 Å². The molecule has 0 aliphatic carbocycles. The predicted octanol–water partition coefficient (Wildman–Crippen LogP) is 4.24. The predicted molar refractivity (Wildman–Crippen MR) is 103 cm³/mol. The molecule has 0 atom stereocenters. The van der Waals surface area contributed by atoms with Gasteiger partial charge in [0.15, 0.2) is 5.78 Å². The molecule has 0 unspecified atom stereocenters. The Morgan fingerprint density at radius 1 is 1.22 bits per heavy atom.